The zero-order valence-corrected chi connectivity index (χ0v) is 11.8. The summed E-state index contributed by atoms with van der Waals surface area (Å²) in [6, 6.07) is 7.48. The van der Waals surface area contributed by atoms with E-state index in [0.29, 0.717) is 19.3 Å². The molecule has 1 aliphatic heterocycles. The van der Waals surface area contributed by atoms with E-state index in [0.717, 1.165) is 11.5 Å². The van der Waals surface area contributed by atoms with E-state index in [1.54, 1.807) is 0 Å². The largest absolute Gasteiger partial charge is 0.449 e. The van der Waals surface area contributed by atoms with E-state index >= 15 is 0 Å². The Morgan fingerprint density at radius 2 is 1.65 bits per heavy atom. The lowest BCUT2D eigenvalue weighted by Gasteiger charge is -2.25. The second kappa shape index (κ2) is 5.99. The Balaban J connectivity index is 1.81. The maximum absolute atomic E-state index is 9.73. The molecule has 0 fully saturated rings. The fourth-order valence-corrected chi connectivity index (χ4v) is 2.33. The number of para-hydroxylation sites is 2. The molecule has 20 heavy (non-hydrogen) atoms. The highest BCUT2D eigenvalue weighted by Crippen LogP contribution is 2.40. The van der Waals surface area contributed by atoms with Gasteiger partial charge in [-0.05, 0) is 31.9 Å². The van der Waals surface area contributed by atoms with E-state index in [2.05, 4.69) is 0 Å². The highest BCUT2D eigenvalue weighted by atomic mass is 16.7. The van der Waals surface area contributed by atoms with Gasteiger partial charge in [0.2, 0.25) is 5.79 Å². The van der Waals surface area contributed by atoms with Crippen LogP contribution in [0.2, 0.25) is 0 Å². The third kappa shape index (κ3) is 3.42. The number of rotatable bonds is 6. The lowest BCUT2D eigenvalue weighted by atomic mass is 10.0. The Kier molecular flexibility index (Phi) is 4.52. The van der Waals surface area contributed by atoms with Gasteiger partial charge in [0.05, 0.1) is 12.2 Å². The van der Waals surface area contributed by atoms with Gasteiger partial charge in [-0.25, -0.2) is 0 Å². The smallest absolute Gasteiger partial charge is 0.248 e. The molecule has 112 valence electrons. The van der Waals surface area contributed by atoms with Gasteiger partial charge >= 0.3 is 0 Å². The molecule has 1 aromatic carbocycles. The molecular formula is C15H22O5. The molecule has 1 aliphatic rings. The summed E-state index contributed by atoms with van der Waals surface area (Å²) in [7, 11) is 0. The SMILES string of the molecule is C[C@@H](O)[C@@H](O)[C@H](O)CCCC1(C)Oc2ccccc2O1. The standard InChI is InChI=1S/C15H22O5/c1-10(16)14(18)11(17)6-5-9-15(2)19-12-7-3-4-8-13(12)20-15/h3-4,7-8,10-11,14,16-18H,5-6,9H2,1-2H3/t10-,11-,14-/m1/s1. The normalized spacial score (nSPS) is 20.4. The average Bonchev–Trinajstić information content (AvgIpc) is 2.73. The Morgan fingerprint density at radius 3 is 2.15 bits per heavy atom. The maximum Gasteiger partial charge on any atom is 0.248 e. The first-order chi connectivity index (χ1) is 9.41. The summed E-state index contributed by atoms with van der Waals surface area (Å²) in [4.78, 5) is 0. The number of hydrogen-bond donors (Lipinski definition) is 3. The molecule has 0 bridgehead atoms. The molecule has 1 heterocycles. The lowest BCUT2D eigenvalue weighted by Crippen LogP contribution is -2.37. The minimum Gasteiger partial charge on any atom is -0.449 e. The first kappa shape index (κ1) is 15.1. The van der Waals surface area contributed by atoms with Crippen LogP contribution < -0.4 is 9.47 Å². The Bertz CT molecular complexity index is 421. The Morgan fingerprint density at radius 1 is 1.10 bits per heavy atom. The predicted octanol–water partition coefficient (Wildman–Crippen LogP) is 1.45. The van der Waals surface area contributed by atoms with Crippen molar-refractivity contribution < 1.29 is 24.8 Å². The Labute approximate surface area is 118 Å². The average molecular weight is 282 g/mol. The van der Waals surface area contributed by atoms with Crippen LogP contribution in [0.15, 0.2) is 24.3 Å². The molecule has 0 aliphatic carbocycles. The van der Waals surface area contributed by atoms with Crippen LogP contribution in [0.4, 0.5) is 0 Å². The van der Waals surface area contributed by atoms with Gasteiger partial charge in [-0.1, -0.05) is 12.1 Å². The summed E-state index contributed by atoms with van der Waals surface area (Å²) < 4.78 is 11.5. The van der Waals surface area contributed by atoms with Crippen molar-refractivity contribution in [3.63, 3.8) is 0 Å². The molecule has 0 radical (unpaired) electrons. The van der Waals surface area contributed by atoms with Crippen LogP contribution in [0.5, 0.6) is 11.5 Å². The van der Waals surface area contributed by atoms with E-state index in [4.69, 9.17) is 9.47 Å². The van der Waals surface area contributed by atoms with Gasteiger partial charge in [0, 0.05) is 13.3 Å². The number of hydrogen-bond acceptors (Lipinski definition) is 5. The van der Waals surface area contributed by atoms with E-state index in [-0.39, 0.29) is 0 Å². The van der Waals surface area contributed by atoms with Crippen molar-refractivity contribution >= 4 is 0 Å². The van der Waals surface area contributed by atoms with Gasteiger partial charge in [0.15, 0.2) is 11.5 Å². The molecule has 5 heteroatoms. The van der Waals surface area contributed by atoms with Gasteiger partial charge < -0.3 is 24.8 Å². The van der Waals surface area contributed by atoms with E-state index < -0.39 is 24.1 Å². The quantitative estimate of drug-likeness (QED) is 0.736. The number of aliphatic hydroxyl groups excluding tert-OH is 3. The molecule has 3 N–H and O–H groups in total. The first-order valence-corrected chi connectivity index (χ1v) is 6.92. The van der Waals surface area contributed by atoms with E-state index in [1.165, 1.54) is 6.92 Å². The van der Waals surface area contributed by atoms with Crippen molar-refractivity contribution in [3.05, 3.63) is 24.3 Å². The molecule has 3 atom stereocenters. The molecule has 0 amide bonds. The summed E-state index contributed by atoms with van der Waals surface area (Å²) in [6.45, 7) is 3.31. The van der Waals surface area contributed by atoms with Crippen molar-refractivity contribution in [2.24, 2.45) is 0 Å². The van der Waals surface area contributed by atoms with Crippen LogP contribution in [-0.2, 0) is 0 Å². The fraction of sp³-hybridized carbons (Fsp3) is 0.600. The third-order valence-corrected chi connectivity index (χ3v) is 3.52. The van der Waals surface area contributed by atoms with Crippen LogP contribution in [0, 0.1) is 0 Å². The molecule has 0 saturated carbocycles. The first-order valence-electron chi connectivity index (χ1n) is 6.92. The van der Waals surface area contributed by atoms with Gasteiger partial charge in [-0.3, -0.25) is 0 Å². The summed E-state index contributed by atoms with van der Waals surface area (Å²) in [5, 5.41) is 28.5. The van der Waals surface area contributed by atoms with Crippen molar-refractivity contribution in [1.29, 1.82) is 0 Å². The van der Waals surface area contributed by atoms with Crippen LogP contribution >= 0.6 is 0 Å². The van der Waals surface area contributed by atoms with Crippen molar-refractivity contribution in [2.45, 2.75) is 57.2 Å². The van der Waals surface area contributed by atoms with Gasteiger partial charge in [0.1, 0.15) is 6.10 Å². The fourth-order valence-electron chi connectivity index (χ4n) is 2.33. The number of benzene rings is 1. The van der Waals surface area contributed by atoms with Gasteiger partial charge in [-0.2, -0.15) is 0 Å². The highest BCUT2D eigenvalue weighted by molar-refractivity contribution is 5.42. The minimum atomic E-state index is -1.12. The second-order valence-corrected chi connectivity index (χ2v) is 5.48. The molecule has 2 rings (SSSR count). The molecule has 0 saturated heterocycles. The van der Waals surface area contributed by atoms with Crippen LogP contribution in [0.25, 0.3) is 0 Å². The lowest BCUT2D eigenvalue weighted by molar-refractivity contribution is -0.0794. The van der Waals surface area contributed by atoms with Gasteiger partial charge in [-0.15, -0.1) is 0 Å². The number of aliphatic hydroxyl groups is 3. The topological polar surface area (TPSA) is 79.2 Å². The monoisotopic (exact) mass is 282 g/mol. The summed E-state index contributed by atoms with van der Waals surface area (Å²) in [6.07, 6.45) is -1.41. The molecule has 5 nitrogen and oxygen atoms in total. The third-order valence-electron chi connectivity index (χ3n) is 3.52. The predicted molar refractivity (Wildman–Crippen MR) is 73.6 cm³/mol. The summed E-state index contributed by atoms with van der Waals surface area (Å²) in [5.74, 6) is 0.707. The molecule has 1 aromatic rings. The van der Waals surface area contributed by atoms with Crippen LogP contribution in [0.3, 0.4) is 0 Å². The molecular weight excluding hydrogens is 260 g/mol. The van der Waals surface area contributed by atoms with Crippen molar-refractivity contribution in [3.8, 4) is 11.5 Å². The Hall–Kier alpha value is -1.30. The summed E-state index contributed by atoms with van der Waals surface area (Å²) >= 11 is 0. The van der Waals surface area contributed by atoms with Crippen LogP contribution in [-0.4, -0.2) is 39.4 Å². The maximum atomic E-state index is 9.73. The number of fused-ring (bicyclic) bond motifs is 1. The zero-order valence-electron chi connectivity index (χ0n) is 11.8. The summed E-state index contributed by atoms with van der Waals surface area (Å²) in [5.41, 5.74) is 0. The van der Waals surface area contributed by atoms with Crippen molar-refractivity contribution in [1.82, 2.24) is 0 Å². The van der Waals surface area contributed by atoms with Gasteiger partial charge in [0.25, 0.3) is 0 Å². The van der Waals surface area contributed by atoms with E-state index in [1.807, 2.05) is 31.2 Å². The van der Waals surface area contributed by atoms with E-state index in [9.17, 15) is 15.3 Å². The van der Waals surface area contributed by atoms with Crippen LogP contribution in [0.1, 0.15) is 33.1 Å². The molecule has 0 aromatic heterocycles. The minimum absolute atomic E-state index is 0.380. The van der Waals surface area contributed by atoms with Crippen molar-refractivity contribution in [2.75, 3.05) is 0 Å². The number of ether oxygens (including phenoxy) is 2. The second-order valence-electron chi connectivity index (χ2n) is 5.48. The molecule has 0 unspecified atom stereocenters. The zero-order chi connectivity index (χ0) is 14.8. The highest BCUT2D eigenvalue weighted by Gasteiger charge is 2.36. The molecule has 0 spiro atoms.